The molecule has 1 aromatic heterocycles. The Morgan fingerprint density at radius 2 is 1.62 bits per heavy atom. The van der Waals surface area contributed by atoms with Crippen molar-refractivity contribution in [2.75, 3.05) is 18.5 Å². The van der Waals surface area contributed by atoms with Crippen LogP contribution in [0.3, 0.4) is 0 Å². The van der Waals surface area contributed by atoms with Crippen LogP contribution < -0.4 is 9.04 Å². The Morgan fingerprint density at radius 3 is 2.29 bits per heavy atom. The van der Waals surface area contributed by atoms with Crippen LogP contribution in [0.2, 0.25) is 0 Å². The summed E-state index contributed by atoms with van der Waals surface area (Å²) in [6.07, 6.45) is 0. The van der Waals surface area contributed by atoms with Crippen LogP contribution in [0.5, 0.6) is 5.75 Å². The van der Waals surface area contributed by atoms with E-state index in [9.17, 15) is 13.2 Å². The molecule has 4 rings (SSSR count). The van der Waals surface area contributed by atoms with Crippen molar-refractivity contribution in [3.63, 3.8) is 0 Å². The maximum atomic E-state index is 13.1. The van der Waals surface area contributed by atoms with Gasteiger partial charge in [-0.1, -0.05) is 18.2 Å². The number of nitrogens with zero attached hydrogens (tertiary/aromatic N) is 3. The number of sulfonamides is 1. The smallest absolute Gasteiger partial charge is 0.338 e. The van der Waals surface area contributed by atoms with Crippen LogP contribution in [0.4, 0.5) is 5.69 Å². The minimum absolute atomic E-state index is 0.0260. The van der Waals surface area contributed by atoms with E-state index in [0.29, 0.717) is 28.3 Å². The maximum Gasteiger partial charge on any atom is 0.338 e. The predicted octanol–water partition coefficient (Wildman–Crippen LogP) is 4.13. The van der Waals surface area contributed by atoms with Crippen molar-refractivity contribution < 1.29 is 22.7 Å². The molecule has 0 saturated carbocycles. The molecular formula is C25H23N3O5S. The molecule has 0 unspecified atom stereocenters. The van der Waals surface area contributed by atoms with E-state index >= 15 is 0 Å². The van der Waals surface area contributed by atoms with Crippen molar-refractivity contribution in [1.29, 1.82) is 0 Å². The molecule has 0 atom stereocenters. The number of esters is 1. The van der Waals surface area contributed by atoms with Crippen LogP contribution in [0.15, 0.2) is 77.7 Å². The third-order valence-electron chi connectivity index (χ3n) is 5.35. The molecule has 0 radical (unpaired) electrons. The first-order chi connectivity index (χ1) is 16.3. The molecule has 0 aliphatic heterocycles. The standard InChI is InChI=1S/C25H23N3O5S/c1-17-24(27-23-10-5-4-9-22(23)26-17)16-33-25(29)18-7-6-8-21(15-18)34(30,31)28(2)19-11-13-20(32-3)14-12-19/h4-15H,16H2,1-3H3. The molecule has 0 amide bonds. The Hall–Kier alpha value is -3.98. The average Bonchev–Trinajstić information content (AvgIpc) is 2.86. The quantitative estimate of drug-likeness (QED) is 0.369. The Balaban J connectivity index is 1.52. The summed E-state index contributed by atoms with van der Waals surface area (Å²) in [6, 6.07) is 19.8. The number of ether oxygens (including phenoxy) is 2. The van der Waals surface area contributed by atoms with Gasteiger partial charge < -0.3 is 9.47 Å². The fourth-order valence-electron chi connectivity index (χ4n) is 3.35. The Kier molecular flexibility index (Phi) is 6.47. The predicted molar refractivity (Wildman–Crippen MR) is 128 cm³/mol. The number of para-hydroxylation sites is 2. The topological polar surface area (TPSA) is 98.7 Å². The van der Waals surface area contributed by atoms with Crippen molar-refractivity contribution in [2.45, 2.75) is 18.4 Å². The number of hydrogen-bond donors (Lipinski definition) is 0. The molecule has 3 aromatic carbocycles. The Labute approximate surface area is 197 Å². The second-order valence-electron chi connectivity index (χ2n) is 7.52. The van der Waals surface area contributed by atoms with Gasteiger partial charge in [-0.3, -0.25) is 4.31 Å². The van der Waals surface area contributed by atoms with Gasteiger partial charge in [-0.25, -0.2) is 23.2 Å². The first-order valence-corrected chi connectivity index (χ1v) is 11.9. The van der Waals surface area contributed by atoms with Crippen molar-refractivity contribution in [2.24, 2.45) is 0 Å². The molecule has 0 bridgehead atoms. The molecule has 8 nitrogen and oxygen atoms in total. The summed E-state index contributed by atoms with van der Waals surface area (Å²) in [5, 5.41) is 0. The zero-order chi connectivity index (χ0) is 24.3. The van der Waals surface area contributed by atoms with Crippen LogP contribution in [-0.2, 0) is 21.4 Å². The normalized spacial score (nSPS) is 11.3. The second kappa shape index (κ2) is 9.48. The first kappa shape index (κ1) is 23.2. The number of benzene rings is 3. The summed E-state index contributed by atoms with van der Waals surface area (Å²) in [5.74, 6) is -0.0378. The lowest BCUT2D eigenvalue weighted by molar-refractivity contribution is 0.0466. The zero-order valence-electron chi connectivity index (χ0n) is 18.9. The highest BCUT2D eigenvalue weighted by atomic mass is 32.2. The average molecular weight is 478 g/mol. The van der Waals surface area contributed by atoms with Gasteiger partial charge >= 0.3 is 5.97 Å². The number of carbonyl (C=O) groups excluding carboxylic acids is 1. The van der Waals surface area contributed by atoms with E-state index in [0.717, 1.165) is 9.82 Å². The molecule has 174 valence electrons. The third kappa shape index (κ3) is 4.69. The molecular weight excluding hydrogens is 454 g/mol. The van der Waals surface area contributed by atoms with E-state index < -0.39 is 16.0 Å². The van der Waals surface area contributed by atoms with E-state index in [-0.39, 0.29) is 17.1 Å². The van der Waals surface area contributed by atoms with Gasteiger partial charge in [0.05, 0.1) is 45.7 Å². The van der Waals surface area contributed by atoms with E-state index in [1.807, 2.05) is 24.3 Å². The van der Waals surface area contributed by atoms with Gasteiger partial charge in [0.2, 0.25) is 0 Å². The molecule has 4 aromatic rings. The summed E-state index contributed by atoms with van der Waals surface area (Å²) in [5.41, 5.74) is 3.23. The highest BCUT2D eigenvalue weighted by Gasteiger charge is 2.23. The van der Waals surface area contributed by atoms with Gasteiger partial charge in [-0.15, -0.1) is 0 Å². The van der Waals surface area contributed by atoms with Gasteiger partial charge in [0, 0.05) is 7.05 Å². The number of methoxy groups -OCH3 is 1. The van der Waals surface area contributed by atoms with Crippen LogP contribution in [-0.4, -0.2) is 38.5 Å². The first-order valence-electron chi connectivity index (χ1n) is 10.4. The van der Waals surface area contributed by atoms with Gasteiger partial charge in [0.15, 0.2) is 0 Å². The molecule has 9 heteroatoms. The Morgan fingerprint density at radius 1 is 0.941 bits per heavy atom. The fraction of sp³-hybridized carbons (Fsp3) is 0.160. The lowest BCUT2D eigenvalue weighted by Crippen LogP contribution is -2.26. The number of hydrogen-bond acceptors (Lipinski definition) is 7. The number of carbonyl (C=O) groups is 1. The molecule has 0 saturated heterocycles. The SMILES string of the molecule is COc1ccc(N(C)S(=O)(=O)c2cccc(C(=O)OCc3nc4ccccc4nc3C)c2)cc1. The highest BCUT2D eigenvalue weighted by Crippen LogP contribution is 2.25. The lowest BCUT2D eigenvalue weighted by atomic mass is 10.2. The van der Waals surface area contributed by atoms with E-state index in [1.165, 1.54) is 38.4 Å². The molecule has 0 aliphatic carbocycles. The largest absolute Gasteiger partial charge is 0.497 e. The van der Waals surface area contributed by atoms with Crippen molar-refractivity contribution in [3.05, 3.63) is 89.7 Å². The molecule has 0 spiro atoms. The summed E-state index contributed by atoms with van der Waals surface area (Å²) < 4.78 is 37.9. The molecule has 0 N–H and O–H groups in total. The molecule has 1 heterocycles. The number of aryl methyl sites for hydroxylation is 1. The minimum Gasteiger partial charge on any atom is -0.497 e. The fourth-order valence-corrected chi connectivity index (χ4v) is 4.59. The summed E-state index contributed by atoms with van der Waals surface area (Å²) in [6.45, 7) is 1.72. The maximum absolute atomic E-state index is 13.1. The van der Waals surface area contributed by atoms with Gasteiger partial charge in [0.1, 0.15) is 12.4 Å². The lowest BCUT2D eigenvalue weighted by Gasteiger charge is -2.20. The monoisotopic (exact) mass is 477 g/mol. The molecule has 0 aliphatic rings. The number of aromatic nitrogens is 2. The van der Waals surface area contributed by atoms with Crippen molar-refractivity contribution in [1.82, 2.24) is 9.97 Å². The second-order valence-corrected chi connectivity index (χ2v) is 9.49. The minimum atomic E-state index is -3.90. The van der Waals surface area contributed by atoms with Gasteiger partial charge in [0.25, 0.3) is 10.0 Å². The van der Waals surface area contributed by atoms with E-state index in [1.54, 1.807) is 31.2 Å². The van der Waals surface area contributed by atoms with E-state index in [2.05, 4.69) is 9.97 Å². The number of anilines is 1. The molecule has 34 heavy (non-hydrogen) atoms. The zero-order valence-corrected chi connectivity index (χ0v) is 19.7. The number of rotatable bonds is 7. The highest BCUT2D eigenvalue weighted by molar-refractivity contribution is 7.92. The van der Waals surface area contributed by atoms with Crippen LogP contribution in [0.1, 0.15) is 21.7 Å². The van der Waals surface area contributed by atoms with Crippen LogP contribution in [0.25, 0.3) is 11.0 Å². The molecule has 0 fully saturated rings. The summed E-state index contributed by atoms with van der Waals surface area (Å²) >= 11 is 0. The third-order valence-corrected chi connectivity index (χ3v) is 7.13. The van der Waals surface area contributed by atoms with E-state index in [4.69, 9.17) is 9.47 Å². The van der Waals surface area contributed by atoms with Crippen molar-refractivity contribution >= 4 is 32.7 Å². The summed E-state index contributed by atoms with van der Waals surface area (Å²) in [7, 11) is -0.920. The van der Waals surface area contributed by atoms with Crippen LogP contribution >= 0.6 is 0 Å². The van der Waals surface area contributed by atoms with Gasteiger partial charge in [-0.05, 0) is 61.5 Å². The van der Waals surface area contributed by atoms with Crippen LogP contribution in [0, 0.1) is 6.92 Å². The number of fused-ring (bicyclic) bond motifs is 1. The van der Waals surface area contributed by atoms with Crippen molar-refractivity contribution in [3.8, 4) is 5.75 Å². The summed E-state index contributed by atoms with van der Waals surface area (Å²) in [4.78, 5) is 21.7. The van der Waals surface area contributed by atoms with Gasteiger partial charge in [-0.2, -0.15) is 0 Å². The Bertz CT molecular complexity index is 1450.